The highest BCUT2D eigenvalue weighted by molar-refractivity contribution is 5.47. The molecule has 0 radical (unpaired) electrons. The third-order valence-electron chi connectivity index (χ3n) is 3.06. The van der Waals surface area contributed by atoms with E-state index < -0.39 is 0 Å². The van der Waals surface area contributed by atoms with Crippen LogP contribution in [0, 0.1) is 11.3 Å². The van der Waals surface area contributed by atoms with Crippen LogP contribution in [-0.4, -0.2) is 9.55 Å². The van der Waals surface area contributed by atoms with Crippen LogP contribution in [0.3, 0.4) is 0 Å². The Morgan fingerprint density at radius 2 is 2.00 bits per heavy atom. The van der Waals surface area contributed by atoms with Gasteiger partial charge >= 0.3 is 0 Å². The van der Waals surface area contributed by atoms with E-state index >= 15 is 0 Å². The number of hydrogen-bond donors (Lipinski definition) is 0. The first-order valence-electron chi connectivity index (χ1n) is 6.57. The fourth-order valence-electron chi connectivity index (χ4n) is 2.05. The molecule has 0 saturated carbocycles. The molecule has 4 heteroatoms. The van der Waals surface area contributed by atoms with Crippen molar-refractivity contribution >= 4 is 0 Å². The van der Waals surface area contributed by atoms with Gasteiger partial charge in [0, 0.05) is 18.9 Å². The van der Waals surface area contributed by atoms with E-state index in [9.17, 15) is 5.26 Å². The van der Waals surface area contributed by atoms with Crippen molar-refractivity contribution < 1.29 is 4.74 Å². The van der Waals surface area contributed by atoms with Gasteiger partial charge in [-0.2, -0.15) is 5.26 Å². The van der Waals surface area contributed by atoms with Gasteiger partial charge in [-0.25, -0.2) is 4.98 Å². The summed E-state index contributed by atoms with van der Waals surface area (Å²) in [6.45, 7) is 0.691. The van der Waals surface area contributed by atoms with Gasteiger partial charge in [0.15, 0.2) is 0 Å². The Labute approximate surface area is 122 Å². The number of ether oxygens (including phenoxy) is 1. The molecule has 1 heterocycles. The molecule has 3 rings (SSSR count). The van der Waals surface area contributed by atoms with Gasteiger partial charge in [-0.05, 0) is 29.8 Å². The lowest BCUT2D eigenvalue weighted by atomic mass is 10.1. The Morgan fingerprint density at radius 3 is 2.71 bits per heavy atom. The first kappa shape index (κ1) is 12.9. The maximum Gasteiger partial charge on any atom is 0.145 e. The lowest BCUT2D eigenvalue weighted by Gasteiger charge is -2.10. The molecule has 0 aliphatic rings. The second-order valence-electron chi connectivity index (χ2n) is 4.59. The minimum absolute atomic E-state index is 0.522. The molecule has 0 aliphatic heterocycles. The number of para-hydroxylation sites is 1. The molecule has 21 heavy (non-hydrogen) atoms. The van der Waals surface area contributed by atoms with Crippen LogP contribution in [0.25, 0.3) is 0 Å². The molecule has 0 N–H and O–H groups in total. The second kappa shape index (κ2) is 5.93. The molecule has 0 atom stereocenters. The van der Waals surface area contributed by atoms with Crippen LogP contribution in [0.2, 0.25) is 0 Å². The number of rotatable bonds is 4. The van der Waals surface area contributed by atoms with Crippen LogP contribution < -0.4 is 4.74 Å². The van der Waals surface area contributed by atoms with Gasteiger partial charge < -0.3 is 9.30 Å². The smallest absolute Gasteiger partial charge is 0.145 e. The van der Waals surface area contributed by atoms with Crippen molar-refractivity contribution in [3.63, 3.8) is 0 Å². The summed E-state index contributed by atoms with van der Waals surface area (Å²) >= 11 is 0. The van der Waals surface area contributed by atoms with E-state index in [0.29, 0.717) is 23.6 Å². The second-order valence-corrected chi connectivity index (χ2v) is 4.59. The Bertz CT molecular complexity index is 758. The molecule has 3 aromatic rings. The van der Waals surface area contributed by atoms with E-state index in [0.717, 1.165) is 5.56 Å². The van der Waals surface area contributed by atoms with E-state index in [-0.39, 0.29) is 0 Å². The summed E-state index contributed by atoms with van der Waals surface area (Å²) in [6.07, 6.45) is 5.40. The lowest BCUT2D eigenvalue weighted by Crippen LogP contribution is -1.98. The number of nitrogens with zero attached hydrogens (tertiary/aromatic N) is 3. The Morgan fingerprint density at radius 1 is 1.14 bits per heavy atom. The number of nitriles is 1. The van der Waals surface area contributed by atoms with E-state index in [4.69, 9.17) is 4.74 Å². The fraction of sp³-hybridized carbons (Fsp3) is 0.0588. The number of benzene rings is 2. The molecule has 0 spiro atoms. The van der Waals surface area contributed by atoms with Crippen molar-refractivity contribution in [2.75, 3.05) is 0 Å². The highest BCUT2D eigenvalue weighted by atomic mass is 16.5. The van der Waals surface area contributed by atoms with Gasteiger partial charge in [-0.1, -0.05) is 24.3 Å². The molecule has 0 amide bonds. The zero-order chi connectivity index (χ0) is 14.5. The molecule has 1 aromatic heterocycles. The molecule has 0 saturated heterocycles. The SMILES string of the molecule is N#Cc1ccc(Cn2ccnc2)cc1Oc1ccccc1. The third-order valence-corrected chi connectivity index (χ3v) is 3.06. The number of hydrogen-bond acceptors (Lipinski definition) is 3. The summed E-state index contributed by atoms with van der Waals surface area (Å²) < 4.78 is 7.78. The minimum Gasteiger partial charge on any atom is -0.456 e. The van der Waals surface area contributed by atoms with Gasteiger partial charge in [0.05, 0.1) is 11.9 Å². The zero-order valence-corrected chi connectivity index (χ0v) is 11.3. The highest BCUT2D eigenvalue weighted by Crippen LogP contribution is 2.26. The van der Waals surface area contributed by atoms with E-state index in [1.165, 1.54) is 0 Å². The summed E-state index contributed by atoms with van der Waals surface area (Å²) in [6, 6.07) is 17.2. The number of aromatic nitrogens is 2. The van der Waals surface area contributed by atoms with Crippen LogP contribution in [-0.2, 0) is 6.54 Å². The summed E-state index contributed by atoms with van der Waals surface area (Å²) in [5.41, 5.74) is 1.58. The monoisotopic (exact) mass is 275 g/mol. The summed E-state index contributed by atoms with van der Waals surface area (Å²) in [4.78, 5) is 4.02. The van der Waals surface area contributed by atoms with Crippen LogP contribution in [0.15, 0.2) is 67.3 Å². The minimum atomic E-state index is 0.522. The van der Waals surface area contributed by atoms with Crippen molar-refractivity contribution in [3.05, 3.63) is 78.4 Å². The van der Waals surface area contributed by atoms with Crippen LogP contribution in [0.4, 0.5) is 0 Å². The Kier molecular flexibility index (Phi) is 3.66. The largest absolute Gasteiger partial charge is 0.456 e. The van der Waals surface area contributed by atoms with Crippen molar-refractivity contribution in [1.29, 1.82) is 5.26 Å². The van der Waals surface area contributed by atoms with Gasteiger partial charge in [0.25, 0.3) is 0 Å². The summed E-state index contributed by atoms with van der Waals surface area (Å²) in [5.74, 6) is 1.29. The van der Waals surface area contributed by atoms with Crippen LogP contribution in [0.1, 0.15) is 11.1 Å². The zero-order valence-electron chi connectivity index (χ0n) is 11.3. The molecule has 0 unspecified atom stereocenters. The first-order chi connectivity index (χ1) is 10.3. The molecule has 4 nitrogen and oxygen atoms in total. The van der Waals surface area contributed by atoms with Gasteiger partial charge in [0.2, 0.25) is 0 Å². The summed E-state index contributed by atoms with van der Waals surface area (Å²) in [7, 11) is 0. The molecule has 0 fully saturated rings. The standard InChI is InChI=1S/C17H13N3O/c18-11-15-7-6-14(12-20-9-8-19-13-20)10-17(15)21-16-4-2-1-3-5-16/h1-10,13H,12H2. The van der Waals surface area contributed by atoms with E-state index in [1.54, 1.807) is 18.6 Å². The third kappa shape index (κ3) is 3.10. The van der Waals surface area contributed by atoms with Crippen molar-refractivity contribution in [1.82, 2.24) is 9.55 Å². The van der Waals surface area contributed by atoms with Crippen LogP contribution >= 0.6 is 0 Å². The first-order valence-corrected chi connectivity index (χ1v) is 6.57. The maximum absolute atomic E-state index is 9.20. The average molecular weight is 275 g/mol. The number of imidazole rings is 1. The van der Waals surface area contributed by atoms with Gasteiger partial charge in [-0.3, -0.25) is 0 Å². The van der Waals surface area contributed by atoms with E-state index in [2.05, 4.69) is 11.1 Å². The topological polar surface area (TPSA) is 50.8 Å². The van der Waals surface area contributed by atoms with E-state index in [1.807, 2.05) is 53.2 Å². The molecular weight excluding hydrogens is 262 g/mol. The molecule has 2 aromatic carbocycles. The van der Waals surface area contributed by atoms with Crippen molar-refractivity contribution in [2.45, 2.75) is 6.54 Å². The molecule has 0 aliphatic carbocycles. The normalized spacial score (nSPS) is 10.0. The average Bonchev–Trinajstić information content (AvgIpc) is 3.02. The van der Waals surface area contributed by atoms with Crippen molar-refractivity contribution in [3.8, 4) is 17.6 Å². The lowest BCUT2D eigenvalue weighted by molar-refractivity contribution is 0.480. The fourth-order valence-corrected chi connectivity index (χ4v) is 2.05. The highest BCUT2D eigenvalue weighted by Gasteiger charge is 2.06. The molecule has 102 valence electrons. The summed E-state index contributed by atoms with van der Waals surface area (Å²) in [5, 5.41) is 9.20. The maximum atomic E-state index is 9.20. The van der Waals surface area contributed by atoms with Gasteiger partial charge in [-0.15, -0.1) is 0 Å². The van der Waals surface area contributed by atoms with Crippen molar-refractivity contribution in [2.24, 2.45) is 0 Å². The Hall–Kier alpha value is -3.06. The van der Waals surface area contributed by atoms with Crippen LogP contribution in [0.5, 0.6) is 11.5 Å². The predicted molar refractivity (Wildman–Crippen MR) is 79.0 cm³/mol. The Balaban J connectivity index is 1.89. The molecule has 0 bridgehead atoms. The quantitative estimate of drug-likeness (QED) is 0.731. The molecular formula is C17H13N3O. The van der Waals surface area contributed by atoms with Gasteiger partial charge in [0.1, 0.15) is 17.6 Å². The predicted octanol–water partition coefficient (Wildman–Crippen LogP) is 3.60.